The fraction of sp³-hybridized carbons (Fsp3) is 0.538. The van der Waals surface area contributed by atoms with Crippen LogP contribution in [0.5, 0.6) is 0 Å². The largest absolute Gasteiger partial charge is 0.336 e. The van der Waals surface area contributed by atoms with Crippen LogP contribution in [-0.4, -0.2) is 29.3 Å². The maximum Gasteiger partial charge on any atom is 0.257 e. The van der Waals surface area contributed by atoms with Gasteiger partial charge in [0.1, 0.15) is 5.00 Å². The number of halogens is 1. The van der Waals surface area contributed by atoms with E-state index >= 15 is 0 Å². The SMILES string of the molecule is CC1CCCCN1C(=O)c1c(NC(=O)c2cccc(Br)c2)sc2c1CCC(C(C)(C)C)C2. The first-order valence-electron chi connectivity index (χ1n) is 11.7. The van der Waals surface area contributed by atoms with Gasteiger partial charge in [0.05, 0.1) is 5.56 Å². The van der Waals surface area contributed by atoms with Crippen molar-refractivity contribution in [3.05, 3.63) is 50.3 Å². The molecule has 0 saturated carbocycles. The monoisotopic (exact) mass is 516 g/mol. The van der Waals surface area contributed by atoms with Crippen LogP contribution in [-0.2, 0) is 12.8 Å². The Morgan fingerprint density at radius 1 is 1.19 bits per heavy atom. The minimum absolute atomic E-state index is 0.0912. The topological polar surface area (TPSA) is 49.4 Å². The Kier molecular flexibility index (Phi) is 6.83. The Bertz CT molecular complexity index is 1020. The van der Waals surface area contributed by atoms with Crippen LogP contribution in [0.2, 0.25) is 0 Å². The molecule has 2 aliphatic rings. The molecule has 2 amide bonds. The molecule has 2 aromatic rings. The molecule has 32 heavy (non-hydrogen) atoms. The Labute approximate surface area is 203 Å². The van der Waals surface area contributed by atoms with Crippen molar-refractivity contribution >= 4 is 44.1 Å². The van der Waals surface area contributed by atoms with E-state index in [9.17, 15) is 9.59 Å². The van der Waals surface area contributed by atoms with Gasteiger partial charge in [0.15, 0.2) is 0 Å². The van der Waals surface area contributed by atoms with Gasteiger partial charge in [-0.05, 0) is 80.5 Å². The summed E-state index contributed by atoms with van der Waals surface area (Å²) < 4.78 is 0.863. The molecule has 1 aliphatic carbocycles. The van der Waals surface area contributed by atoms with E-state index < -0.39 is 0 Å². The zero-order valence-electron chi connectivity index (χ0n) is 19.5. The lowest BCUT2D eigenvalue weighted by Crippen LogP contribution is -2.42. The van der Waals surface area contributed by atoms with Gasteiger partial charge >= 0.3 is 0 Å². The third-order valence-electron chi connectivity index (χ3n) is 7.08. The molecule has 1 aromatic heterocycles. The highest BCUT2D eigenvalue weighted by Crippen LogP contribution is 2.45. The fourth-order valence-corrected chi connectivity index (χ4v) is 6.70. The molecule has 1 N–H and O–H groups in total. The smallest absolute Gasteiger partial charge is 0.257 e. The highest BCUT2D eigenvalue weighted by Gasteiger charge is 2.36. The van der Waals surface area contributed by atoms with Gasteiger partial charge in [-0.1, -0.05) is 42.8 Å². The molecular formula is C26H33BrN2O2S. The summed E-state index contributed by atoms with van der Waals surface area (Å²) in [6.07, 6.45) is 6.24. The number of carbonyl (C=O) groups excluding carboxylic acids is 2. The first-order chi connectivity index (χ1) is 15.1. The van der Waals surface area contributed by atoms with Crippen LogP contribution in [0.3, 0.4) is 0 Å². The predicted molar refractivity (Wildman–Crippen MR) is 136 cm³/mol. The number of fused-ring (bicyclic) bond motifs is 1. The molecule has 1 aromatic carbocycles. The lowest BCUT2D eigenvalue weighted by molar-refractivity contribution is 0.0635. The van der Waals surface area contributed by atoms with Gasteiger partial charge in [-0.25, -0.2) is 0 Å². The first kappa shape index (κ1) is 23.5. The van der Waals surface area contributed by atoms with Crippen molar-refractivity contribution in [3.8, 4) is 0 Å². The number of hydrogen-bond donors (Lipinski definition) is 1. The van der Waals surface area contributed by atoms with E-state index in [4.69, 9.17) is 0 Å². The number of amides is 2. The van der Waals surface area contributed by atoms with Gasteiger partial charge in [0.25, 0.3) is 11.8 Å². The molecule has 2 atom stereocenters. The summed E-state index contributed by atoms with van der Waals surface area (Å²) in [5, 5.41) is 3.83. The van der Waals surface area contributed by atoms with Gasteiger partial charge in [-0.3, -0.25) is 9.59 Å². The van der Waals surface area contributed by atoms with Gasteiger partial charge in [-0.2, -0.15) is 0 Å². The summed E-state index contributed by atoms with van der Waals surface area (Å²) in [7, 11) is 0. The molecule has 1 aliphatic heterocycles. The van der Waals surface area contributed by atoms with Crippen molar-refractivity contribution in [2.45, 2.75) is 72.3 Å². The third-order valence-corrected chi connectivity index (χ3v) is 8.74. The van der Waals surface area contributed by atoms with Crippen LogP contribution in [0.4, 0.5) is 5.00 Å². The second-order valence-corrected chi connectivity index (χ2v) is 12.3. The summed E-state index contributed by atoms with van der Waals surface area (Å²) in [6.45, 7) is 9.84. The van der Waals surface area contributed by atoms with Crippen molar-refractivity contribution in [2.24, 2.45) is 11.3 Å². The van der Waals surface area contributed by atoms with Crippen molar-refractivity contribution in [3.63, 3.8) is 0 Å². The number of likely N-dealkylation sites (tertiary alicyclic amines) is 1. The van der Waals surface area contributed by atoms with E-state index in [1.54, 1.807) is 17.4 Å². The summed E-state index contributed by atoms with van der Waals surface area (Å²) in [6, 6.07) is 7.61. The molecule has 2 heterocycles. The number of piperidine rings is 1. The molecule has 0 spiro atoms. The first-order valence-corrected chi connectivity index (χ1v) is 13.3. The summed E-state index contributed by atoms with van der Waals surface area (Å²) >= 11 is 5.06. The quantitative estimate of drug-likeness (QED) is 0.480. The van der Waals surface area contributed by atoms with Crippen molar-refractivity contribution < 1.29 is 9.59 Å². The second-order valence-electron chi connectivity index (χ2n) is 10.3. The van der Waals surface area contributed by atoms with Crippen LogP contribution in [0.1, 0.15) is 84.5 Å². The number of anilines is 1. The zero-order valence-corrected chi connectivity index (χ0v) is 21.9. The molecular weight excluding hydrogens is 484 g/mol. The lowest BCUT2D eigenvalue weighted by atomic mass is 9.72. The summed E-state index contributed by atoms with van der Waals surface area (Å²) in [5.41, 5.74) is 2.73. The lowest BCUT2D eigenvalue weighted by Gasteiger charge is -2.35. The number of thiophene rings is 1. The maximum absolute atomic E-state index is 13.8. The van der Waals surface area contributed by atoms with Gasteiger partial charge < -0.3 is 10.2 Å². The molecule has 2 unspecified atom stereocenters. The van der Waals surface area contributed by atoms with Crippen LogP contribution < -0.4 is 5.32 Å². The number of hydrogen-bond acceptors (Lipinski definition) is 3. The Balaban J connectivity index is 1.70. The summed E-state index contributed by atoms with van der Waals surface area (Å²) in [4.78, 5) is 30.2. The van der Waals surface area contributed by atoms with Gasteiger partial charge in [-0.15, -0.1) is 11.3 Å². The van der Waals surface area contributed by atoms with E-state index in [1.165, 1.54) is 16.9 Å². The van der Waals surface area contributed by atoms with E-state index in [0.717, 1.165) is 53.7 Å². The van der Waals surface area contributed by atoms with E-state index in [1.807, 2.05) is 23.1 Å². The van der Waals surface area contributed by atoms with Crippen LogP contribution in [0.15, 0.2) is 28.7 Å². The minimum atomic E-state index is -0.169. The Morgan fingerprint density at radius 3 is 2.66 bits per heavy atom. The van der Waals surface area contributed by atoms with E-state index in [-0.39, 0.29) is 23.3 Å². The number of rotatable bonds is 3. The Morgan fingerprint density at radius 2 is 1.97 bits per heavy atom. The minimum Gasteiger partial charge on any atom is -0.336 e. The molecule has 0 radical (unpaired) electrons. The standard InChI is InChI=1S/C26H33BrN2O2S/c1-16-8-5-6-13-29(16)25(31)22-20-12-11-18(26(2,3)4)15-21(20)32-24(22)28-23(30)17-9-7-10-19(27)14-17/h7,9-10,14,16,18H,5-6,8,11-13,15H2,1-4H3,(H,28,30). The molecule has 0 bridgehead atoms. The van der Waals surface area contributed by atoms with Gasteiger partial charge in [0.2, 0.25) is 0 Å². The number of carbonyl (C=O) groups is 2. The van der Waals surface area contributed by atoms with Crippen LogP contribution in [0, 0.1) is 11.3 Å². The van der Waals surface area contributed by atoms with Crippen molar-refractivity contribution in [1.82, 2.24) is 4.90 Å². The number of nitrogens with zero attached hydrogens (tertiary/aromatic N) is 1. The molecule has 6 heteroatoms. The van der Waals surface area contributed by atoms with Crippen LogP contribution >= 0.6 is 27.3 Å². The highest BCUT2D eigenvalue weighted by molar-refractivity contribution is 9.10. The normalized spacial score (nSPS) is 21.2. The second kappa shape index (κ2) is 9.30. The van der Waals surface area contributed by atoms with E-state index in [0.29, 0.717) is 11.5 Å². The average Bonchev–Trinajstić information content (AvgIpc) is 3.10. The zero-order chi connectivity index (χ0) is 23.0. The molecule has 1 fully saturated rings. The van der Waals surface area contributed by atoms with Crippen LogP contribution in [0.25, 0.3) is 0 Å². The molecule has 4 nitrogen and oxygen atoms in total. The van der Waals surface area contributed by atoms with Crippen molar-refractivity contribution in [1.29, 1.82) is 0 Å². The molecule has 1 saturated heterocycles. The molecule has 172 valence electrons. The van der Waals surface area contributed by atoms with Gasteiger partial charge in [0, 0.05) is 27.5 Å². The summed E-state index contributed by atoms with van der Waals surface area (Å²) in [5.74, 6) is 0.505. The average molecular weight is 518 g/mol. The fourth-order valence-electron chi connectivity index (χ4n) is 4.99. The maximum atomic E-state index is 13.8. The number of nitrogens with one attached hydrogen (secondary N) is 1. The highest BCUT2D eigenvalue weighted by atomic mass is 79.9. The molecule has 4 rings (SSSR count). The van der Waals surface area contributed by atoms with E-state index in [2.05, 4.69) is 48.9 Å². The Hall–Kier alpha value is -1.66. The predicted octanol–water partition coefficient (Wildman–Crippen LogP) is 6.93. The third kappa shape index (κ3) is 4.81. The van der Waals surface area contributed by atoms with Crippen molar-refractivity contribution in [2.75, 3.05) is 11.9 Å². The number of benzene rings is 1.